The Morgan fingerprint density at radius 2 is 1.24 bits per heavy atom. The summed E-state index contributed by atoms with van der Waals surface area (Å²) in [5.41, 5.74) is 10.6. The summed E-state index contributed by atoms with van der Waals surface area (Å²) in [6.45, 7) is 0.617. The molecule has 0 fully saturated rings. The number of benzene rings is 9. The monoisotopic (exact) mass is 795 g/mol. The third-order valence-electron chi connectivity index (χ3n) is 12.7. The summed E-state index contributed by atoms with van der Waals surface area (Å²) in [6, 6.07) is 64.9. The normalized spacial score (nSPS) is 14.9. The fraction of sp³-hybridized carbons (Fsp3) is 0.0357. The highest BCUT2D eigenvalue weighted by Gasteiger charge is 2.27. The molecule has 0 saturated heterocycles. The van der Waals surface area contributed by atoms with Crippen LogP contribution in [-0.2, 0) is 6.54 Å². The Morgan fingerprint density at radius 3 is 2.11 bits per heavy atom. The maximum absolute atomic E-state index is 6.98. The van der Waals surface area contributed by atoms with Crippen LogP contribution >= 0.6 is 0 Å². The number of nitrogens with zero attached hydrogens (tertiary/aromatic N) is 3. The number of furan rings is 1. The molecular formula is C56H37N5O. The second-order valence-electron chi connectivity index (χ2n) is 16.2. The molecule has 9 aromatic carbocycles. The van der Waals surface area contributed by atoms with E-state index in [0.29, 0.717) is 12.4 Å². The van der Waals surface area contributed by atoms with E-state index in [0.717, 1.165) is 88.8 Å². The molecule has 292 valence electrons. The molecule has 2 aromatic heterocycles. The minimum absolute atomic E-state index is 0.313. The van der Waals surface area contributed by atoms with Gasteiger partial charge in [-0.3, -0.25) is 0 Å². The first-order valence-electron chi connectivity index (χ1n) is 21.1. The molecule has 0 aliphatic carbocycles. The Kier molecular flexibility index (Phi) is 7.63. The second kappa shape index (κ2) is 13.7. The summed E-state index contributed by atoms with van der Waals surface area (Å²) in [7, 11) is 0. The molecule has 2 N–H and O–H groups in total. The van der Waals surface area contributed by atoms with Gasteiger partial charge in [0.1, 0.15) is 17.8 Å². The van der Waals surface area contributed by atoms with Gasteiger partial charge >= 0.3 is 0 Å². The van der Waals surface area contributed by atoms with Gasteiger partial charge in [-0.25, -0.2) is 9.98 Å². The molecule has 6 heteroatoms. The van der Waals surface area contributed by atoms with Crippen LogP contribution in [-0.4, -0.2) is 16.2 Å². The number of aliphatic imine (C=N–C) groups is 2. The Morgan fingerprint density at radius 1 is 0.548 bits per heavy atom. The van der Waals surface area contributed by atoms with Gasteiger partial charge in [0, 0.05) is 32.8 Å². The van der Waals surface area contributed by atoms with Crippen molar-refractivity contribution < 1.29 is 4.42 Å². The molecule has 2 aliphatic rings. The molecular weight excluding hydrogens is 759 g/mol. The maximum Gasteiger partial charge on any atom is 0.159 e. The zero-order valence-corrected chi connectivity index (χ0v) is 33.5. The third kappa shape index (κ3) is 5.30. The van der Waals surface area contributed by atoms with Crippen molar-refractivity contribution in [2.45, 2.75) is 12.7 Å². The van der Waals surface area contributed by atoms with E-state index in [2.05, 4.69) is 197 Å². The van der Waals surface area contributed by atoms with Gasteiger partial charge in [-0.15, -0.1) is 0 Å². The van der Waals surface area contributed by atoms with Crippen molar-refractivity contribution in [3.05, 3.63) is 216 Å². The number of fused-ring (bicyclic) bond motifs is 10. The zero-order chi connectivity index (χ0) is 40.7. The van der Waals surface area contributed by atoms with Crippen LogP contribution in [0.25, 0.3) is 88.0 Å². The van der Waals surface area contributed by atoms with Gasteiger partial charge in [-0.2, -0.15) is 0 Å². The van der Waals surface area contributed by atoms with E-state index in [-0.39, 0.29) is 6.17 Å². The molecule has 0 amide bonds. The van der Waals surface area contributed by atoms with Gasteiger partial charge in [0.05, 0.1) is 23.3 Å². The van der Waals surface area contributed by atoms with E-state index in [4.69, 9.17) is 14.4 Å². The smallest absolute Gasteiger partial charge is 0.159 e. The molecule has 2 aliphatic heterocycles. The minimum Gasteiger partial charge on any atom is -0.456 e. The highest BCUT2D eigenvalue weighted by atomic mass is 16.3. The molecule has 1 unspecified atom stereocenters. The van der Waals surface area contributed by atoms with Crippen molar-refractivity contribution in [3.63, 3.8) is 0 Å². The van der Waals surface area contributed by atoms with Crippen molar-refractivity contribution >= 4 is 82.8 Å². The summed E-state index contributed by atoms with van der Waals surface area (Å²) in [6.07, 6.45) is 3.88. The molecule has 0 bridgehead atoms. The molecule has 11 aromatic rings. The minimum atomic E-state index is -0.313. The Hall–Kier alpha value is -8.22. The average Bonchev–Trinajstić information content (AvgIpc) is 3.90. The van der Waals surface area contributed by atoms with Crippen LogP contribution < -0.4 is 10.6 Å². The number of hydrogen-bond donors (Lipinski definition) is 2. The van der Waals surface area contributed by atoms with E-state index >= 15 is 0 Å². The predicted molar refractivity (Wildman–Crippen MR) is 256 cm³/mol. The van der Waals surface area contributed by atoms with Crippen molar-refractivity contribution in [2.24, 2.45) is 9.98 Å². The highest BCUT2D eigenvalue weighted by molar-refractivity contribution is 6.23. The van der Waals surface area contributed by atoms with Gasteiger partial charge in [-0.05, 0) is 85.5 Å². The lowest BCUT2D eigenvalue weighted by Gasteiger charge is -2.25. The third-order valence-corrected chi connectivity index (χ3v) is 12.7. The Bertz CT molecular complexity index is 3740. The van der Waals surface area contributed by atoms with E-state index in [1.54, 1.807) is 0 Å². The van der Waals surface area contributed by atoms with E-state index < -0.39 is 0 Å². The van der Waals surface area contributed by atoms with Crippen LogP contribution in [0.5, 0.6) is 0 Å². The molecule has 13 rings (SSSR count). The Balaban J connectivity index is 1.01. The highest BCUT2D eigenvalue weighted by Crippen LogP contribution is 2.45. The summed E-state index contributed by atoms with van der Waals surface area (Å²) in [4.78, 5) is 10.5. The maximum atomic E-state index is 6.98. The predicted octanol–water partition coefficient (Wildman–Crippen LogP) is 13.2. The summed E-state index contributed by atoms with van der Waals surface area (Å²) < 4.78 is 9.37. The van der Waals surface area contributed by atoms with Crippen molar-refractivity contribution in [1.82, 2.24) is 15.2 Å². The second-order valence-corrected chi connectivity index (χ2v) is 16.2. The van der Waals surface area contributed by atoms with Crippen LogP contribution in [0.4, 0.5) is 0 Å². The quantitative estimate of drug-likeness (QED) is 0.182. The number of aromatic nitrogens is 1. The fourth-order valence-electron chi connectivity index (χ4n) is 9.85. The van der Waals surface area contributed by atoms with E-state index in [9.17, 15) is 0 Å². The number of amidine groups is 2. The zero-order valence-electron chi connectivity index (χ0n) is 33.5. The van der Waals surface area contributed by atoms with Gasteiger partial charge in [0.15, 0.2) is 11.4 Å². The SMILES string of the molecule is C1=Cc2c(oc3c(-n4c5ccccc5c5c6ccccc6ccc54)ccc(-c4ccc(C5=NC(c6ccc7ccccc7c6)=NC(c6ccccc6)N5)c5ccccc45)c23)CN1. The van der Waals surface area contributed by atoms with E-state index in [1.807, 2.05) is 12.3 Å². The topological polar surface area (TPSA) is 66.8 Å². The van der Waals surface area contributed by atoms with Gasteiger partial charge in [0.25, 0.3) is 0 Å². The van der Waals surface area contributed by atoms with Gasteiger partial charge in [-0.1, -0.05) is 158 Å². The molecule has 6 nitrogen and oxygen atoms in total. The Labute approximate surface area is 356 Å². The van der Waals surface area contributed by atoms with Crippen LogP contribution in [0.2, 0.25) is 0 Å². The first kappa shape index (κ1) is 34.6. The standard InChI is InChI=1S/C56H37N5O/c1-2-14-36(15-3-1)54-58-55(38-23-22-34-12-4-5-16-37(34)32-38)60-56(59-54)44-26-25-42(40-18-8-9-19-41(40)44)43-27-29-49(53-52(43)46-30-31-57-33-50(46)62-53)61-47-21-11-10-20-45(47)51-39-17-7-6-13-35(39)24-28-48(51)61/h1-32,54,57H,33H2,(H,58,59,60). The van der Waals surface area contributed by atoms with E-state index in [1.165, 1.54) is 26.9 Å². The molecule has 0 saturated carbocycles. The molecule has 4 heterocycles. The lowest BCUT2D eigenvalue weighted by molar-refractivity contribution is 0.531. The number of hydrogen-bond acceptors (Lipinski definition) is 5. The van der Waals surface area contributed by atoms with Gasteiger partial charge in [0.2, 0.25) is 0 Å². The van der Waals surface area contributed by atoms with Crippen LogP contribution in [0, 0.1) is 0 Å². The van der Waals surface area contributed by atoms with Crippen molar-refractivity contribution in [1.29, 1.82) is 0 Å². The number of nitrogens with one attached hydrogen (secondary N) is 2. The summed E-state index contributed by atoms with van der Waals surface area (Å²) in [5, 5.41) is 17.7. The fourth-order valence-corrected chi connectivity index (χ4v) is 9.85. The molecule has 0 spiro atoms. The first-order valence-corrected chi connectivity index (χ1v) is 21.1. The van der Waals surface area contributed by atoms with Crippen molar-refractivity contribution in [3.8, 4) is 16.8 Å². The number of rotatable bonds is 5. The molecule has 62 heavy (non-hydrogen) atoms. The lowest BCUT2D eigenvalue weighted by Crippen LogP contribution is -2.33. The molecule has 1 atom stereocenters. The van der Waals surface area contributed by atoms with Crippen molar-refractivity contribution in [2.75, 3.05) is 0 Å². The van der Waals surface area contributed by atoms with Gasteiger partial charge < -0.3 is 19.6 Å². The summed E-state index contributed by atoms with van der Waals surface area (Å²) in [5.74, 6) is 2.41. The first-order chi connectivity index (χ1) is 30.7. The van der Waals surface area contributed by atoms with Crippen LogP contribution in [0.15, 0.2) is 203 Å². The van der Waals surface area contributed by atoms with Crippen LogP contribution in [0.3, 0.4) is 0 Å². The largest absolute Gasteiger partial charge is 0.456 e. The average molecular weight is 796 g/mol. The lowest BCUT2D eigenvalue weighted by atomic mass is 9.91. The van der Waals surface area contributed by atoms with Crippen LogP contribution in [0.1, 0.15) is 34.2 Å². The number of para-hydroxylation sites is 1. The summed E-state index contributed by atoms with van der Waals surface area (Å²) >= 11 is 0. The molecule has 0 radical (unpaired) electrons.